The third kappa shape index (κ3) is 2.22. The van der Waals surface area contributed by atoms with Gasteiger partial charge in [-0.25, -0.2) is 0 Å². The second kappa shape index (κ2) is 4.96. The number of para-hydroxylation sites is 1. The number of rotatable bonds is 3. The fraction of sp³-hybridized carbons (Fsp3) is 0.214. The van der Waals surface area contributed by atoms with Gasteiger partial charge in [0.15, 0.2) is 5.92 Å². The smallest absolute Gasteiger partial charge is 0.322 e. The van der Waals surface area contributed by atoms with Crippen molar-refractivity contribution in [3.63, 3.8) is 0 Å². The Kier molecular flexibility index (Phi) is 3.37. The minimum atomic E-state index is -0.945. The van der Waals surface area contributed by atoms with Crippen LogP contribution in [0.4, 0.5) is 0 Å². The third-order valence-electron chi connectivity index (χ3n) is 2.76. The maximum absolute atomic E-state index is 11.6. The number of nitrogens with zero attached hydrogens (tertiary/aromatic N) is 1. The van der Waals surface area contributed by atoms with Crippen LogP contribution < -0.4 is 0 Å². The summed E-state index contributed by atoms with van der Waals surface area (Å²) in [7, 11) is 1.26. The molecule has 1 aromatic carbocycles. The Balaban J connectivity index is 2.51. The maximum Gasteiger partial charge on any atom is 0.322 e. The van der Waals surface area contributed by atoms with Crippen LogP contribution in [0.1, 0.15) is 18.5 Å². The monoisotopic (exact) mass is 243 g/mol. The van der Waals surface area contributed by atoms with Gasteiger partial charge in [-0.1, -0.05) is 24.3 Å². The number of hydrogen-bond donors (Lipinski definition) is 0. The van der Waals surface area contributed by atoms with E-state index in [0.717, 1.165) is 10.9 Å². The van der Waals surface area contributed by atoms with E-state index in [1.165, 1.54) is 14.0 Å². The number of Topliss-reactive ketones (excluding diaryl/α,β-unsaturated/α-hetero) is 1. The number of esters is 1. The van der Waals surface area contributed by atoms with Crippen LogP contribution in [0.15, 0.2) is 36.4 Å². The van der Waals surface area contributed by atoms with Crippen LogP contribution in [-0.4, -0.2) is 23.8 Å². The Labute approximate surface area is 105 Å². The van der Waals surface area contributed by atoms with Crippen molar-refractivity contribution in [3.8, 4) is 0 Å². The Hall–Kier alpha value is -2.23. The Morgan fingerprint density at radius 2 is 1.89 bits per heavy atom. The van der Waals surface area contributed by atoms with Crippen LogP contribution in [0, 0.1) is 0 Å². The quantitative estimate of drug-likeness (QED) is 0.611. The van der Waals surface area contributed by atoms with Crippen LogP contribution in [0.3, 0.4) is 0 Å². The molecule has 0 fully saturated rings. The maximum atomic E-state index is 11.6. The lowest BCUT2D eigenvalue weighted by molar-refractivity contribution is -0.145. The van der Waals surface area contributed by atoms with Gasteiger partial charge in [-0.3, -0.25) is 14.6 Å². The number of ketones is 1. The predicted molar refractivity (Wildman–Crippen MR) is 67.2 cm³/mol. The highest BCUT2D eigenvalue weighted by Gasteiger charge is 2.27. The average Bonchev–Trinajstić information content (AvgIpc) is 2.38. The minimum absolute atomic E-state index is 0.273. The van der Waals surface area contributed by atoms with Gasteiger partial charge in [-0.15, -0.1) is 0 Å². The Bertz CT molecular complexity index is 607. The van der Waals surface area contributed by atoms with E-state index in [0.29, 0.717) is 5.69 Å². The summed E-state index contributed by atoms with van der Waals surface area (Å²) in [6.45, 7) is 1.36. The van der Waals surface area contributed by atoms with E-state index in [9.17, 15) is 9.59 Å². The number of carbonyl (C=O) groups is 2. The molecule has 4 nitrogen and oxygen atoms in total. The van der Waals surface area contributed by atoms with Gasteiger partial charge in [0, 0.05) is 5.39 Å². The number of aromatic nitrogens is 1. The standard InChI is InChI=1S/C14H13NO3/c1-9(16)13(14(17)18-2)12-8-7-10-5-3-4-6-11(10)15-12/h3-8,13H,1-2H3. The molecule has 4 heteroatoms. The largest absolute Gasteiger partial charge is 0.468 e. The molecule has 1 aromatic heterocycles. The predicted octanol–water partition coefficient (Wildman–Crippen LogP) is 2.08. The van der Waals surface area contributed by atoms with E-state index in [2.05, 4.69) is 9.72 Å². The molecule has 1 heterocycles. The lowest BCUT2D eigenvalue weighted by Gasteiger charge is -2.11. The Morgan fingerprint density at radius 1 is 1.17 bits per heavy atom. The summed E-state index contributed by atoms with van der Waals surface area (Å²) < 4.78 is 4.64. The van der Waals surface area contributed by atoms with Crippen LogP contribution in [-0.2, 0) is 14.3 Å². The zero-order valence-corrected chi connectivity index (χ0v) is 10.2. The molecule has 0 saturated carbocycles. The molecule has 92 valence electrons. The molecule has 0 aliphatic heterocycles. The first-order valence-corrected chi connectivity index (χ1v) is 5.57. The van der Waals surface area contributed by atoms with Crippen molar-refractivity contribution in [2.75, 3.05) is 7.11 Å². The van der Waals surface area contributed by atoms with Gasteiger partial charge >= 0.3 is 5.97 Å². The van der Waals surface area contributed by atoms with E-state index in [1.54, 1.807) is 6.07 Å². The van der Waals surface area contributed by atoms with Gasteiger partial charge in [0.2, 0.25) is 0 Å². The zero-order chi connectivity index (χ0) is 13.1. The van der Waals surface area contributed by atoms with Gasteiger partial charge in [-0.05, 0) is 19.1 Å². The molecular weight excluding hydrogens is 230 g/mol. The first kappa shape index (κ1) is 12.2. The Morgan fingerprint density at radius 3 is 2.56 bits per heavy atom. The molecule has 2 aromatic rings. The van der Waals surface area contributed by atoms with Crippen molar-refractivity contribution >= 4 is 22.7 Å². The molecule has 0 radical (unpaired) electrons. The number of ether oxygens (including phenoxy) is 1. The molecule has 0 amide bonds. The lowest BCUT2D eigenvalue weighted by atomic mass is 10.00. The molecule has 2 rings (SSSR count). The topological polar surface area (TPSA) is 56.3 Å². The van der Waals surface area contributed by atoms with Crippen molar-refractivity contribution in [2.24, 2.45) is 0 Å². The van der Waals surface area contributed by atoms with Gasteiger partial charge < -0.3 is 4.74 Å². The second-order valence-corrected chi connectivity index (χ2v) is 4.00. The average molecular weight is 243 g/mol. The normalized spacial score (nSPS) is 12.1. The summed E-state index contributed by atoms with van der Waals surface area (Å²) in [6.07, 6.45) is 0. The minimum Gasteiger partial charge on any atom is -0.468 e. The summed E-state index contributed by atoms with van der Waals surface area (Å²) in [5, 5.41) is 0.966. The van der Waals surface area contributed by atoms with E-state index < -0.39 is 11.9 Å². The molecule has 1 unspecified atom stereocenters. The van der Waals surface area contributed by atoms with Crippen LogP contribution in [0.2, 0.25) is 0 Å². The summed E-state index contributed by atoms with van der Waals surface area (Å²) in [6, 6.07) is 11.1. The molecule has 0 aliphatic carbocycles. The number of hydrogen-bond acceptors (Lipinski definition) is 4. The zero-order valence-electron chi connectivity index (χ0n) is 10.2. The van der Waals surface area contributed by atoms with Crippen molar-refractivity contribution in [1.29, 1.82) is 0 Å². The summed E-state index contributed by atoms with van der Waals surface area (Å²) in [5.74, 6) is -1.80. The first-order valence-electron chi connectivity index (χ1n) is 5.57. The molecule has 0 saturated heterocycles. The third-order valence-corrected chi connectivity index (χ3v) is 2.76. The van der Waals surface area contributed by atoms with Crippen LogP contribution in [0.25, 0.3) is 10.9 Å². The van der Waals surface area contributed by atoms with Crippen molar-refractivity contribution in [1.82, 2.24) is 4.98 Å². The molecule has 0 spiro atoms. The van der Waals surface area contributed by atoms with E-state index in [4.69, 9.17) is 0 Å². The summed E-state index contributed by atoms with van der Waals surface area (Å²) >= 11 is 0. The number of benzene rings is 1. The highest BCUT2D eigenvalue weighted by Crippen LogP contribution is 2.20. The van der Waals surface area contributed by atoms with Crippen molar-refractivity contribution < 1.29 is 14.3 Å². The van der Waals surface area contributed by atoms with Crippen LogP contribution in [0.5, 0.6) is 0 Å². The molecule has 0 bridgehead atoms. The van der Waals surface area contributed by atoms with Crippen molar-refractivity contribution in [3.05, 3.63) is 42.1 Å². The van der Waals surface area contributed by atoms with Crippen LogP contribution >= 0.6 is 0 Å². The van der Waals surface area contributed by atoms with Crippen molar-refractivity contribution in [2.45, 2.75) is 12.8 Å². The molecule has 1 atom stereocenters. The van der Waals surface area contributed by atoms with Gasteiger partial charge in [0.1, 0.15) is 5.78 Å². The number of pyridine rings is 1. The summed E-state index contributed by atoms with van der Waals surface area (Å²) in [4.78, 5) is 27.5. The van der Waals surface area contributed by atoms with E-state index in [1.807, 2.05) is 30.3 Å². The molecule has 0 aliphatic rings. The number of methoxy groups -OCH3 is 1. The molecular formula is C14H13NO3. The van der Waals surface area contributed by atoms with E-state index >= 15 is 0 Å². The second-order valence-electron chi connectivity index (χ2n) is 4.00. The van der Waals surface area contributed by atoms with Gasteiger partial charge in [0.05, 0.1) is 18.3 Å². The lowest BCUT2D eigenvalue weighted by Crippen LogP contribution is -2.22. The highest BCUT2D eigenvalue weighted by molar-refractivity contribution is 6.03. The highest BCUT2D eigenvalue weighted by atomic mass is 16.5. The van der Waals surface area contributed by atoms with E-state index in [-0.39, 0.29) is 5.78 Å². The number of fused-ring (bicyclic) bond motifs is 1. The number of carbonyl (C=O) groups excluding carboxylic acids is 2. The van der Waals surface area contributed by atoms with Gasteiger partial charge in [0.25, 0.3) is 0 Å². The summed E-state index contributed by atoms with van der Waals surface area (Å²) in [5.41, 5.74) is 1.18. The molecule has 0 N–H and O–H groups in total. The first-order chi connectivity index (χ1) is 8.63. The fourth-order valence-corrected chi connectivity index (χ4v) is 1.86. The fourth-order valence-electron chi connectivity index (χ4n) is 1.86. The van der Waals surface area contributed by atoms with Gasteiger partial charge in [-0.2, -0.15) is 0 Å². The molecule has 18 heavy (non-hydrogen) atoms. The SMILES string of the molecule is COC(=O)C(C(C)=O)c1ccc2ccccc2n1.